The number of carbonyl (C=O) groups is 2. The SMILES string of the molecule is C=CN(C(=O)NC(=C)C)C(C)(C)CC(=O)O. The van der Waals surface area contributed by atoms with Gasteiger partial charge in [-0.3, -0.25) is 9.69 Å². The lowest BCUT2D eigenvalue weighted by atomic mass is 9.99. The number of aliphatic carboxylic acids is 1. The second-order valence-electron chi connectivity index (χ2n) is 4.15. The molecule has 0 heterocycles. The molecule has 0 aromatic heterocycles. The fourth-order valence-corrected chi connectivity index (χ4v) is 1.30. The minimum Gasteiger partial charge on any atom is -0.481 e. The van der Waals surface area contributed by atoms with E-state index in [0.717, 1.165) is 0 Å². The number of urea groups is 1. The molecule has 16 heavy (non-hydrogen) atoms. The Hall–Kier alpha value is -1.78. The number of carbonyl (C=O) groups excluding carboxylic acids is 1. The van der Waals surface area contributed by atoms with Crippen molar-refractivity contribution in [3.63, 3.8) is 0 Å². The second-order valence-corrected chi connectivity index (χ2v) is 4.15. The summed E-state index contributed by atoms with van der Waals surface area (Å²) < 4.78 is 0. The van der Waals surface area contributed by atoms with E-state index in [-0.39, 0.29) is 6.42 Å². The third-order valence-electron chi connectivity index (χ3n) is 1.96. The van der Waals surface area contributed by atoms with E-state index in [0.29, 0.717) is 5.70 Å². The van der Waals surface area contributed by atoms with Crippen LogP contribution >= 0.6 is 0 Å². The molecule has 0 aliphatic heterocycles. The normalized spacial score (nSPS) is 10.4. The lowest BCUT2D eigenvalue weighted by Crippen LogP contribution is -2.49. The van der Waals surface area contributed by atoms with Crippen molar-refractivity contribution in [2.24, 2.45) is 0 Å². The van der Waals surface area contributed by atoms with Gasteiger partial charge in [0, 0.05) is 11.9 Å². The zero-order chi connectivity index (χ0) is 12.9. The molecule has 90 valence electrons. The van der Waals surface area contributed by atoms with Crippen LogP contribution in [-0.2, 0) is 4.79 Å². The zero-order valence-corrected chi connectivity index (χ0v) is 9.91. The van der Waals surface area contributed by atoms with Crippen molar-refractivity contribution in [2.45, 2.75) is 32.7 Å². The summed E-state index contributed by atoms with van der Waals surface area (Å²) in [6.45, 7) is 12.0. The van der Waals surface area contributed by atoms with Gasteiger partial charge in [0.1, 0.15) is 0 Å². The number of nitrogens with one attached hydrogen (secondary N) is 1. The molecule has 0 aliphatic carbocycles. The Morgan fingerprint density at radius 3 is 2.31 bits per heavy atom. The maximum absolute atomic E-state index is 11.7. The molecule has 0 bridgehead atoms. The molecule has 0 spiro atoms. The minimum atomic E-state index is -0.972. The molecule has 5 heteroatoms. The van der Waals surface area contributed by atoms with Crippen LogP contribution < -0.4 is 5.32 Å². The van der Waals surface area contributed by atoms with Gasteiger partial charge in [-0.1, -0.05) is 13.2 Å². The summed E-state index contributed by atoms with van der Waals surface area (Å²) in [4.78, 5) is 23.6. The summed E-state index contributed by atoms with van der Waals surface area (Å²) in [6.07, 6.45) is 1.14. The van der Waals surface area contributed by atoms with Crippen molar-refractivity contribution in [2.75, 3.05) is 0 Å². The molecule has 0 aliphatic rings. The van der Waals surface area contributed by atoms with Crippen molar-refractivity contribution in [3.8, 4) is 0 Å². The Kier molecular flexibility index (Phi) is 4.75. The van der Waals surface area contributed by atoms with Gasteiger partial charge >= 0.3 is 12.0 Å². The predicted molar refractivity (Wildman–Crippen MR) is 61.7 cm³/mol. The standard InChI is InChI=1S/C11H18N2O3/c1-6-13(10(16)12-8(2)3)11(4,5)7-9(14)15/h6H,1-2,7H2,3-5H3,(H,12,16)(H,14,15). The Morgan fingerprint density at radius 1 is 1.50 bits per heavy atom. The first-order valence-electron chi connectivity index (χ1n) is 4.81. The topological polar surface area (TPSA) is 69.6 Å². The van der Waals surface area contributed by atoms with Crippen LogP contribution in [0.2, 0.25) is 0 Å². The molecule has 0 aromatic carbocycles. The predicted octanol–water partition coefficient (Wildman–Crippen LogP) is 1.93. The Balaban J connectivity index is 4.83. The van der Waals surface area contributed by atoms with E-state index < -0.39 is 17.5 Å². The first-order chi connectivity index (χ1) is 7.20. The van der Waals surface area contributed by atoms with Crippen LogP contribution in [0.3, 0.4) is 0 Å². The minimum absolute atomic E-state index is 0.164. The molecule has 0 rings (SSSR count). The van der Waals surface area contributed by atoms with Crippen LogP contribution in [0, 0.1) is 0 Å². The molecule has 2 N–H and O–H groups in total. The van der Waals surface area contributed by atoms with E-state index in [2.05, 4.69) is 18.5 Å². The lowest BCUT2D eigenvalue weighted by molar-refractivity contribution is -0.139. The van der Waals surface area contributed by atoms with Crippen molar-refractivity contribution in [3.05, 3.63) is 25.1 Å². The van der Waals surface area contributed by atoms with Crippen LogP contribution in [-0.4, -0.2) is 27.5 Å². The molecule has 0 aromatic rings. The zero-order valence-electron chi connectivity index (χ0n) is 9.91. The van der Waals surface area contributed by atoms with Gasteiger partial charge in [0.15, 0.2) is 0 Å². The van der Waals surface area contributed by atoms with Crippen LogP contribution in [0.4, 0.5) is 4.79 Å². The monoisotopic (exact) mass is 226 g/mol. The van der Waals surface area contributed by atoms with E-state index >= 15 is 0 Å². The van der Waals surface area contributed by atoms with Gasteiger partial charge in [0.2, 0.25) is 0 Å². The molecular weight excluding hydrogens is 208 g/mol. The molecule has 0 fully saturated rings. The molecule has 2 amide bonds. The van der Waals surface area contributed by atoms with Gasteiger partial charge in [-0.15, -0.1) is 0 Å². The van der Waals surface area contributed by atoms with E-state index in [1.807, 2.05) is 0 Å². The maximum atomic E-state index is 11.7. The van der Waals surface area contributed by atoms with Crippen molar-refractivity contribution in [1.29, 1.82) is 0 Å². The van der Waals surface area contributed by atoms with Crippen molar-refractivity contribution in [1.82, 2.24) is 10.2 Å². The van der Waals surface area contributed by atoms with E-state index in [9.17, 15) is 9.59 Å². The highest BCUT2D eigenvalue weighted by Gasteiger charge is 2.31. The van der Waals surface area contributed by atoms with Gasteiger partial charge in [-0.05, 0) is 20.8 Å². The number of hydrogen-bond donors (Lipinski definition) is 2. The average Bonchev–Trinajstić information content (AvgIpc) is 1.99. The van der Waals surface area contributed by atoms with Crippen LogP contribution in [0.15, 0.2) is 25.1 Å². The second kappa shape index (κ2) is 5.34. The Morgan fingerprint density at radius 2 is 2.00 bits per heavy atom. The number of rotatable bonds is 5. The summed E-state index contributed by atoms with van der Waals surface area (Å²) in [7, 11) is 0. The summed E-state index contributed by atoms with van der Waals surface area (Å²) in [5.41, 5.74) is -0.351. The van der Waals surface area contributed by atoms with Crippen LogP contribution in [0.1, 0.15) is 27.2 Å². The molecule has 0 saturated heterocycles. The van der Waals surface area contributed by atoms with Gasteiger partial charge in [0.05, 0.1) is 12.0 Å². The first-order valence-corrected chi connectivity index (χ1v) is 4.81. The molecule has 0 saturated carbocycles. The number of carboxylic acids is 1. The third-order valence-corrected chi connectivity index (χ3v) is 1.96. The summed E-state index contributed by atoms with van der Waals surface area (Å²) in [6, 6.07) is -0.436. The fourth-order valence-electron chi connectivity index (χ4n) is 1.30. The van der Waals surface area contributed by atoms with E-state index in [1.54, 1.807) is 20.8 Å². The van der Waals surface area contributed by atoms with Gasteiger partial charge in [0.25, 0.3) is 0 Å². The number of hydrogen-bond acceptors (Lipinski definition) is 2. The third kappa shape index (κ3) is 4.16. The maximum Gasteiger partial charge on any atom is 0.326 e. The Bertz CT molecular complexity index is 321. The van der Waals surface area contributed by atoms with Gasteiger partial charge in [-0.2, -0.15) is 0 Å². The number of nitrogens with zero attached hydrogens (tertiary/aromatic N) is 1. The summed E-state index contributed by atoms with van der Waals surface area (Å²) in [5.74, 6) is -0.972. The largest absolute Gasteiger partial charge is 0.481 e. The number of allylic oxidation sites excluding steroid dienone is 1. The highest BCUT2D eigenvalue weighted by molar-refractivity contribution is 5.79. The molecule has 0 atom stereocenters. The average molecular weight is 226 g/mol. The van der Waals surface area contributed by atoms with Crippen LogP contribution in [0.5, 0.6) is 0 Å². The lowest BCUT2D eigenvalue weighted by Gasteiger charge is -2.34. The highest BCUT2D eigenvalue weighted by atomic mass is 16.4. The highest BCUT2D eigenvalue weighted by Crippen LogP contribution is 2.19. The molecule has 0 unspecified atom stereocenters. The fraction of sp³-hybridized carbons (Fsp3) is 0.455. The summed E-state index contributed by atoms with van der Waals surface area (Å²) >= 11 is 0. The number of amides is 2. The quantitative estimate of drug-likeness (QED) is 0.752. The smallest absolute Gasteiger partial charge is 0.326 e. The molecular formula is C11H18N2O3. The Labute approximate surface area is 95.4 Å². The van der Waals surface area contributed by atoms with Crippen molar-refractivity contribution < 1.29 is 14.7 Å². The van der Waals surface area contributed by atoms with E-state index in [4.69, 9.17) is 5.11 Å². The first kappa shape index (κ1) is 14.2. The molecule has 0 radical (unpaired) electrons. The van der Waals surface area contributed by atoms with Crippen molar-refractivity contribution >= 4 is 12.0 Å². The van der Waals surface area contributed by atoms with Gasteiger partial charge < -0.3 is 10.4 Å². The molecule has 5 nitrogen and oxygen atoms in total. The van der Waals surface area contributed by atoms with E-state index in [1.165, 1.54) is 11.1 Å². The van der Waals surface area contributed by atoms with Crippen LogP contribution in [0.25, 0.3) is 0 Å². The summed E-state index contributed by atoms with van der Waals surface area (Å²) in [5, 5.41) is 11.2. The number of carboxylic acid groups (broad SMARTS) is 1. The van der Waals surface area contributed by atoms with Gasteiger partial charge in [-0.25, -0.2) is 4.79 Å².